The van der Waals surface area contributed by atoms with Crippen LogP contribution in [-0.2, 0) is 9.05 Å². The molecule has 0 unspecified atom stereocenters. The van der Waals surface area contributed by atoms with Crippen molar-refractivity contribution in [2.75, 3.05) is 0 Å². The van der Waals surface area contributed by atoms with Crippen LogP contribution in [-0.4, -0.2) is 18.5 Å². The van der Waals surface area contributed by atoms with Gasteiger partial charge >= 0.3 is 0 Å². The van der Waals surface area contributed by atoms with E-state index in [1.807, 2.05) is 0 Å². The summed E-state index contributed by atoms with van der Waals surface area (Å²) < 4.78 is 46.7. The Morgan fingerprint density at radius 1 is 1.53 bits per heavy atom. The molecule has 15 heavy (non-hydrogen) atoms. The smallest absolute Gasteiger partial charge is 0.278 e. The number of pyridine rings is 1. The summed E-state index contributed by atoms with van der Waals surface area (Å²) in [4.78, 5) is 3.29. The van der Waals surface area contributed by atoms with E-state index in [2.05, 4.69) is 4.98 Å². The van der Waals surface area contributed by atoms with Crippen LogP contribution in [0.2, 0.25) is 0 Å². The second-order valence-corrected chi connectivity index (χ2v) is 5.21. The molecule has 1 rings (SSSR count). The van der Waals surface area contributed by atoms with Gasteiger partial charge in [0.15, 0.2) is 5.03 Å². The highest BCUT2D eigenvalue weighted by molar-refractivity contribution is 8.13. The van der Waals surface area contributed by atoms with Gasteiger partial charge in [-0.05, 0) is 6.92 Å². The molecule has 1 N–H and O–H groups in total. The van der Waals surface area contributed by atoms with Crippen molar-refractivity contribution in [3.8, 4) is 5.75 Å². The summed E-state index contributed by atoms with van der Waals surface area (Å²) in [6.07, 6.45) is -2.37. The number of rotatable bonds is 2. The van der Waals surface area contributed by atoms with Crippen molar-refractivity contribution in [1.29, 1.82) is 0 Å². The van der Waals surface area contributed by atoms with Gasteiger partial charge in [-0.15, -0.1) is 0 Å². The molecular formula is C7H6ClF2NO3S. The highest BCUT2D eigenvalue weighted by atomic mass is 35.7. The van der Waals surface area contributed by atoms with Crippen molar-refractivity contribution in [2.24, 2.45) is 0 Å². The molecule has 8 heteroatoms. The standard InChI is InChI=1S/C7H6ClF2NO3S/c1-3-5(6(9)10)4(12)2-11-7(3)15(8,13)14/h2,6,12H,1H3. The van der Waals surface area contributed by atoms with Crippen molar-refractivity contribution in [2.45, 2.75) is 18.4 Å². The maximum Gasteiger partial charge on any atom is 0.278 e. The zero-order valence-corrected chi connectivity index (χ0v) is 8.98. The predicted octanol–water partition coefficient (Wildman–Crippen LogP) is 1.96. The van der Waals surface area contributed by atoms with Gasteiger partial charge in [-0.25, -0.2) is 22.2 Å². The molecule has 0 aliphatic carbocycles. The van der Waals surface area contributed by atoms with Gasteiger partial charge in [-0.1, -0.05) is 0 Å². The van der Waals surface area contributed by atoms with Crippen molar-refractivity contribution in [3.05, 3.63) is 17.3 Å². The normalized spacial score (nSPS) is 12.1. The van der Waals surface area contributed by atoms with Gasteiger partial charge in [-0.3, -0.25) is 0 Å². The van der Waals surface area contributed by atoms with Gasteiger partial charge in [0.2, 0.25) is 0 Å². The molecule has 84 valence electrons. The van der Waals surface area contributed by atoms with E-state index in [9.17, 15) is 17.2 Å². The summed E-state index contributed by atoms with van der Waals surface area (Å²) in [7, 11) is 0.786. The van der Waals surface area contributed by atoms with Crippen molar-refractivity contribution >= 4 is 19.7 Å². The third-order valence-corrected chi connectivity index (χ3v) is 3.07. The molecule has 0 aliphatic rings. The topological polar surface area (TPSA) is 67.3 Å². The number of alkyl halides is 2. The lowest BCUT2D eigenvalue weighted by Crippen LogP contribution is -2.03. The summed E-state index contributed by atoms with van der Waals surface area (Å²) in [5.74, 6) is -0.758. The molecule has 0 aromatic carbocycles. The fraction of sp³-hybridized carbons (Fsp3) is 0.286. The molecule has 1 heterocycles. The van der Waals surface area contributed by atoms with E-state index >= 15 is 0 Å². The van der Waals surface area contributed by atoms with Crippen LogP contribution in [0.25, 0.3) is 0 Å². The lowest BCUT2D eigenvalue weighted by molar-refractivity contribution is 0.146. The zero-order chi connectivity index (χ0) is 11.8. The van der Waals surface area contributed by atoms with E-state index in [4.69, 9.17) is 15.8 Å². The van der Waals surface area contributed by atoms with Crippen LogP contribution in [0.4, 0.5) is 8.78 Å². The number of halogens is 3. The Morgan fingerprint density at radius 2 is 2.07 bits per heavy atom. The van der Waals surface area contributed by atoms with Crippen LogP contribution in [0.5, 0.6) is 5.75 Å². The molecule has 4 nitrogen and oxygen atoms in total. The molecule has 0 amide bonds. The van der Waals surface area contributed by atoms with Crippen LogP contribution in [0.3, 0.4) is 0 Å². The first-order valence-electron chi connectivity index (χ1n) is 3.66. The Kier molecular flexibility index (Phi) is 3.15. The van der Waals surface area contributed by atoms with Crippen LogP contribution >= 0.6 is 10.7 Å². The SMILES string of the molecule is Cc1c(S(=O)(=O)Cl)ncc(O)c1C(F)F. The molecular weight excluding hydrogens is 252 g/mol. The minimum Gasteiger partial charge on any atom is -0.506 e. The lowest BCUT2D eigenvalue weighted by atomic mass is 10.1. The molecule has 0 saturated carbocycles. The Labute approximate surface area is 88.9 Å². The first kappa shape index (κ1) is 12.1. The maximum absolute atomic E-state index is 12.4. The number of hydrogen-bond donors (Lipinski definition) is 1. The van der Waals surface area contributed by atoms with Crippen LogP contribution in [0, 0.1) is 6.92 Å². The first-order valence-corrected chi connectivity index (χ1v) is 5.97. The van der Waals surface area contributed by atoms with Gasteiger partial charge in [-0.2, -0.15) is 0 Å². The molecule has 1 aromatic heterocycles. The van der Waals surface area contributed by atoms with Gasteiger partial charge < -0.3 is 5.11 Å². The van der Waals surface area contributed by atoms with E-state index < -0.39 is 31.8 Å². The quantitative estimate of drug-likeness (QED) is 0.823. The fourth-order valence-corrected chi connectivity index (χ4v) is 2.24. The third-order valence-electron chi connectivity index (χ3n) is 1.75. The Hall–Kier alpha value is -0.950. The second kappa shape index (κ2) is 3.90. The molecule has 0 atom stereocenters. The van der Waals surface area contributed by atoms with Crippen molar-refractivity contribution in [3.63, 3.8) is 0 Å². The van der Waals surface area contributed by atoms with E-state index in [1.54, 1.807) is 0 Å². The minimum atomic E-state index is -4.19. The summed E-state index contributed by atoms with van der Waals surface area (Å²) in [5.41, 5.74) is -1.12. The predicted molar refractivity (Wildman–Crippen MR) is 48.6 cm³/mol. The van der Waals surface area contributed by atoms with Crippen molar-refractivity contribution in [1.82, 2.24) is 4.98 Å². The summed E-state index contributed by atoms with van der Waals surface area (Å²) >= 11 is 0. The average Bonchev–Trinajstić information content (AvgIpc) is 2.00. The Balaban J connectivity index is 3.56. The van der Waals surface area contributed by atoms with Gasteiger partial charge in [0.1, 0.15) is 5.75 Å². The van der Waals surface area contributed by atoms with E-state index in [0.29, 0.717) is 6.20 Å². The molecule has 0 fully saturated rings. The molecule has 0 radical (unpaired) electrons. The highest BCUT2D eigenvalue weighted by Crippen LogP contribution is 2.33. The van der Waals surface area contributed by atoms with Gasteiger partial charge in [0.05, 0.1) is 11.8 Å². The summed E-state index contributed by atoms with van der Waals surface area (Å²) in [6.45, 7) is 1.10. The fourth-order valence-electron chi connectivity index (χ4n) is 1.11. The lowest BCUT2D eigenvalue weighted by Gasteiger charge is -2.09. The third kappa shape index (κ3) is 2.35. The van der Waals surface area contributed by atoms with E-state index in [1.165, 1.54) is 0 Å². The first-order chi connectivity index (χ1) is 6.75. The molecule has 0 spiro atoms. The summed E-state index contributed by atoms with van der Waals surface area (Å²) in [6, 6.07) is 0. The molecule has 0 aliphatic heterocycles. The zero-order valence-electron chi connectivity index (χ0n) is 7.41. The second-order valence-electron chi connectivity index (χ2n) is 2.73. The molecule has 0 bridgehead atoms. The average molecular weight is 258 g/mol. The van der Waals surface area contributed by atoms with E-state index in [-0.39, 0.29) is 5.56 Å². The van der Waals surface area contributed by atoms with Crippen LogP contribution < -0.4 is 0 Å². The number of hydrogen-bond acceptors (Lipinski definition) is 4. The monoisotopic (exact) mass is 257 g/mol. The summed E-state index contributed by atoms with van der Waals surface area (Å²) in [5, 5.41) is 8.40. The molecule has 0 saturated heterocycles. The number of aromatic hydroxyl groups is 1. The molecule has 1 aromatic rings. The van der Waals surface area contributed by atoms with Gasteiger partial charge in [0.25, 0.3) is 15.5 Å². The highest BCUT2D eigenvalue weighted by Gasteiger charge is 2.24. The number of aromatic nitrogens is 1. The van der Waals surface area contributed by atoms with Gasteiger partial charge in [0, 0.05) is 16.2 Å². The Bertz CT molecular complexity index is 489. The van der Waals surface area contributed by atoms with E-state index in [0.717, 1.165) is 6.92 Å². The largest absolute Gasteiger partial charge is 0.506 e. The van der Waals surface area contributed by atoms with Crippen LogP contribution in [0.15, 0.2) is 11.2 Å². The van der Waals surface area contributed by atoms with Crippen molar-refractivity contribution < 1.29 is 22.3 Å². The maximum atomic E-state index is 12.4. The Morgan fingerprint density at radius 3 is 2.47 bits per heavy atom. The van der Waals surface area contributed by atoms with Crippen LogP contribution in [0.1, 0.15) is 17.6 Å². The minimum absolute atomic E-state index is 0.347. The number of nitrogens with zero attached hydrogens (tertiary/aromatic N) is 1.